The fourth-order valence-corrected chi connectivity index (χ4v) is 6.49. The third kappa shape index (κ3) is 4.24. The zero-order chi connectivity index (χ0) is 23.0. The van der Waals surface area contributed by atoms with E-state index < -0.39 is 10.0 Å². The predicted molar refractivity (Wildman–Crippen MR) is 126 cm³/mol. The Morgan fingerprint density at radius 1 is 0.909 bits per heavy atom. The molecule has 7 nitrogen and oxygen atoms in total. The summed E-state index contributed by atoms with van der Waals surface area (Å²) < 4.78 is 29.5. The van der Waals surface area contributed by atoms with E-state index >= 15 is 0 Å². The van der Waals surface area contributed by atoms with E-state index in [9.17, 15) is 18.0 Å². The molecule has 0 aliphatic carbocycles. The first-order chi connectivity index (χ1) is 15.9. The summed E-state index contributed by atoms with van der Waals surface area (Å²) in [5.41, 5.74) is 1.73. The first-order valence-electron chi connectivity index (χ1n) is 11.0. The summed E-state index contributed by atoms with van der Waals surface area (Å²) >= 11 is 0. The molecule has 2 aromatic carbocycles. The van der Waals surface area contributed by atoms with Gasteiger partial charge >= 0.3 is 0 Å². The zero-order valence-corrected chi connectivity index (χ0v) is 18.9. The molecular formula is C25H25N3O4S. The molecule has 0 saturated carbocycles. The normalized spacial score (nSPS) is 20.1. The van der Waals surface area contributed by atoms with Crippen molar-refractivity contribution < 1.29 is 13.2 Å². The highest BCUT2D eigenvalue weighted by atomic mass is 32.2. The van der Waals surface area contributed by atoms with E-state index in [1.165, 1.54) is 0 Å². The van der Waals surface area contributed by atoms with Crippen molar-refractivity contribution in [2.24, 2.45) is 5.92 Å². The van der Waals surface area contributed by atoms with Gasteiger partial charge in [-0.25, -0.2) is 8.42 Å². The summed E-state index contributed by atoms with van der Waals surface area (Å²) in [6, 6.07) is 21.3. The van der Waals surface area contributed by atoms with Gasteiger partial charge in [-0.05, 0) is 42.2 Å². The lowest BCUT2D eigenvalue weighted by Gasteiger charge is -2.42. The summed E-state index contributed by atoms with van der Waals surface area (Å²) in [7, 11) is -3.58. The van der Waals surface area contributed by atoms with Crippen LogP contribution in [0.1, 0.15) is 23.6 Å². The van der Waals surface area contributed by atoms with Gasteiger partial charge in [-0.3, -0.25) is 9.59 Å². The number of hydrogen-bond acceptors (Lipinski definition) is 4. The second-order valence-corrected chi connectivity index (χ2v) is 10.7. The molecule has 2 aliphatic rings. The van der Waals surface area contributed by atoms with Crippen LogP contribution in [-0.4, -0.2) is 36.3 Å². The van der Waals surface area contributed by atoms with E-state index in [4.69, 9.17) is 0 Å². The smallest absolute Gasteiger partial charge is 0.274 e. The largest absolute Gasteiger partial charge is 0.321 e. The van der Waals surface area contributed by atoms with Crippen LogP contribution in [0.3, 0.4) is 0 Å². The zero-order valence-electron chi connectivity index (χ0n) is 18.1. The van der Waals surface area contributed by atoms with Crippen molar-refractivity contribution in [3.8, 4) is 0 Å². The van der Waals surface area contributed by atoms with E-state index in [2.05, 4.69) is 5.32 Å². The van der Waals surface area contributed by atoms with Crippen molar-refractivity contribution in [1.82, 2.24) is 8.87 Å². The number of nitrogens with zero attached hydrogens (tertiary/aromatic N) is 2. The Balaban J connectivity index is 1.37. The van der Waals surface area contributed by atoms with Crippen LogP contribution in [0.4, 0.5) is 5.69 Å². The lowest BCUT2D eigenvalue weighted by Crippen LogP contribution is -2.49. The number of anilines is 1. The van der Waals surface area contributed by atoms with Crippen LogP contribution in [0.2, 0.25) is 0 Å². The van der Waals surface area contributed by atoms with E-state index in [0.29, 0.717) is 24.5 Å². The van der Waals surface area contributed by atoms with Gasteiger partial charge in [0.1, 0.15) is 5.69 Å². The highest BCUT2D eigenvalue weighted by Gasteiger charge is 2.39. The maximum atomic E-state index is 13.1. The number of hydrogen-bond donors (Lipinski definition) is 1. The van der Waals surface area contributed by atoms with Crippen LogP contribution >= 0.6 is 0 Å². The van der Waals surface area contributed by atoms with Gasteiger partial charge < -0.3 is 9.88 Å². The molecular weight excluding hydrogens is 438 g/mol. The fraction of sp³-hybridized carbons (Fsp3) is 0.280. The van der Waals surface area contributed by atoms with E-state index in [0.717, 1.165) is 17.7 Å². The van der Waals surface area contributed by atoms with Gasteiger partial charge in [0, 0.05) is 31.2 Å². The molecule has 33 heavy (non-hydrogen) atoms. The quantitative estimate of drug-likeness (QED) is 0.630. The van der Waals surface area contributed by atoms with Crippen LogP contribution in [0.15, 0.2) is 82.5 Å². The van der Waals surface area contributed by atoms with Gasteiger partial charge in [-0.15, -0.1) is 0 Å². The van der Waals surface area contributed by atoms with Crippen LogP contribution < -0.4 is 10.9 Å². The average Bonchev–Trinajstić information content (AvgIpc) is 2.82. The Hall–Kier alpha value is -3.23. The molecule has 0 radical (unpaired) electrons. The van der Waals surface area contributed by atoms with Crippen molar-refractivity contribution in [2.75, 3.05) is 18.4 Å². The second kappa shape index (κ2) is 8.61. The molecule has 8 heteroatoms. The SMILES string of the molecule is O=C(Cc1ccccc1)Nc1ccc2n(c1=O)C[C@@H]1C[C@@H]2CN(S(=O)(=O)c2ccccc2)C1. The third-order valence-corrected chi connectivity index (χ3v) is 8.28. The van der Waals surface area contributed by atoms with E-state index in [1.807, 2.05) is 36.4 Å². The van der Waals surface area contributed by atoms with Crippen molar-refractivity contribution in [3.63, 3.8) is 0 Å². The number of sulfonamides is 1. The molecule has 2 aliphatic heterocycles. The molecule has 1 N–H and O–H groups in total. The number of aromatic nitrogens is 1. The summed E-state index contributed by atoms with van der Waals surface area (Å²) in [5, 5.41) is 2.75. The number of pyridine rings is 1. The number of piperidine rings is 1. The number of carbonyl (C=O) groups excluding carboxylic acids is 1. The molecule has 3 aromatic rings. The van der Waals surface area contributed by atoms with Gasteiger partial charge in [0.2, 0.25) is 15.9 Å². The van der Waals surface area contributed by atoms with Crippen molar-refractivity contribution in [3.05, 3.63) is 94.4 Å². The molecule has 170 valence electrons. The standard InChI is InChI=1S/C25H25N3O4S/c29-24(14-18-7-3-1-4-8-18)26-22-11-12-23-20-13-19(16-28(23)25(22)30)15-27(17-20)33(31,32)21-9-5-2-6-10-21/h1-12,19-20H,13-17H2,(H,26,29)/t19-,20-/m1/s1. The average molecular weight is 464 g/mol. The number of nitrogens with one attached hydrogen (secondary N) is 1. The molecule has 2 atom stereocenters. The van der Waals surface area contributed by atoms with Crippen LogP contribution in [0, 0.1) is 5.92 Å². The topological polar surface area (TPSA) is 88.5 Å². The summed E-state index contributed by atoms with van der Waals surface area (Å²) in [6.07, 6.45) is 1.04. The Kier molecular flexibility index (Phi) is 5.64. The summed E-state index contributed by atoms with van der Waals surface area (Å²) in [6.45, 7) is 1.16. The Labute approximate surface area is 192 Å². The molecule has 1 saturated heterocycles. The lowest BCUT2D eigenvalue weighted by atomic mass is 9.84. The predicted octanol–water partition coefficient (Wildman–Crippen LogP) is 2.84. The molecule has 1 aromatic heterocycles. The summed E-state index contributed by atoms with van der Waals surface area (Å²) in [4.78, 5) is 25.9. The van der Waals surface area contributed by atoms with Gasteiger partial charge in [0.05, 0.1) is 11.3 Å². The minimum absolute atomic E-state index is 0.0442. The first kappa shape index (κ1) is 21.6. The monoisotopic (exact) mass is 463 g/mol. The maximum absolute atomic E-state index is 13.1. The van der Waals surface area contributed by atoms with Gasteiger partial charge in [-0.1, -0.05) is 48.5 Å². The summed E-state index contributed by atoms with van der Waals surface area (Å²) in [5.74, 6) is -0.254. The molecule has 0 unspecified atom stereocenters. The molecule has 1 amide bonds. The number of rotatable bonds is 5. The van der Waals surface area contributed by atoms with Crippen LogP contribution in [0.25, 0.3) is 0 Å². The van der Waals surface area contributed by atoms with Gasteiger partial charge in [-0.2, -0.15) is 4.31 Å². The highest BCUT2D eigenvalue weighted by Crippen LogP contribution is 2.37. The van der Waals surface area contributed by atoms with Crippen LogP contribution in [0.5, 0.6) is 0 Å². The lowest BCUT2D eigenvalue weighted by molar-refractivity contribution is -0.115. The number of benzene rings is 2. The second-order valence-electron chi connectivity index (χ2n) is 8.73. The fourth-order valence-electron chi connectivity index (χ4n) is 4.91. The minimum Gasteiger partial charge on any atom is -0.321 e. The minimum atomic E-state index is -3.58. The van der Waals surface area contributed by atoms with Gasteiger partial charge in [0.25, 0.3) is 5.56 Å². The number of fused-ring (bicyclic) bond motifs is 4. The molecule has 1 fully saturated rings. The van der Waals surface area contributed by atoms with E-state index in [-0.39, 0.29) is 35.4 Å². The molecule has 5 rings (SSSR count). The number of amides is 1. The molecule has 3 heterocycles. The molecule has 2 bridgehead atoms. The highest BCUT2D eigenvalue weighted by molar-refractivity contribution is 7.89. The Bertz CT molecular complexity index is 1340. The van der Waals surface area contributed by atoms with Crippen molar-refractivity contribution in [2.45, 2.75) is 30.2 Å². The van der Waals surface area contributed by atoms with Crippen molar-refractivity contribution >= 4 is 21.6 Å². The maximum Gasteiger partial charge on any atom is 0.274 e. The Morgan fingerprint density at radius 3 is 2.33 bits per heavy atom. The first-order valence-corrected chi connectivity index (χ1v) is 12.5. The van der Waals surface area contributed by atoms with Crippen molar-refractivity contribution in [1.29, 1.82) is 0 Å². The van der Waals surface area contributed by atoms with Crippen LogP contribution in [-0.2, 0) is 27.8 Å². The number of carbonyl (C=O) groups is 1. The third-order valence-electron chi connectivity index (χ3n) is 6.43. The van der Waals surface area contributed by atoms with Gasteiger partial charge in [0.15, 0.2) is 0 Å². The Morgan fingerprint density at radius 2 is 1.61 bits per heavy atom. The molecule has 0 spiro atoms. The van der Waals surface area contributed by atoms with E-state index in [1.54, 1.807) is 45.3 Å².